The van der Waals surface area contributed by atoms with Crippen LogP contribution < -0.4 is 0 Å². The van der Waals surface area contributed by atoms with Crippen molar-refractivity contribution < 1.29 is 18.0 Å². The van der Waals surface area contributed by atoms with Crippen LogP contribution in [0.15, 0.2) is 6.20 Å². The lowest BCUT2D eigenvalue weighted by Crippen LogP contribution is -2.22. The van der Waals surface area contributed by atoms with Crippen molar-refractivity contribution in [2.75, 3.05) is 0 Å². The van der Waals surface area contributed by atoms with E-state index in [-0.39, 0.29) is 0 Å². The molecule has 0 N–H and O–H groups in total. The highest BCUT2D eigenvalue weighted by atomic mass is 32.1. The third-order valence-electron chi connectivity index (χ3n) is 1.07. The van der Waals surface area contributed by atoms with Crippen molar-refractivity contribution in [3.63, 3.8) is 0 Å². The molecule has 0 saturated heterocycles. The van der Waals surface area contributed by atoms with Gasteiger partial charge in [-0.2, -0.15) is 13.2 Å². The molecular formula is C6H4F3NOS. The molecule has 0 aliphatic heterocycles. The summed E-state index contributed by atoms with van der Waals surface area (Å²) in [5.74, 6) is -1.87. The first-order valence-corrected chi connectivity index (χ1v) is 3.77. The topological polar surface area (TPSA) is 30.0 Å². The van der Waals surface area contributed by atoms with Gasteiger partial charge in [0.1, 0.15) is 0 Å². The van der Waals surface area contributed by atoms with Crippen molar-refractivity contribution in [1.82, 2.24) is 4.98 Å². The van der Waals surface area contributed by atoms with Crippen LogP contribution in [0.5, 0.6) is 0 Å². The predicted octanol–water partition coefficient (Wildman–Crippen LogP) is 2.20. The number of alkyl halides is 3. The molecule has 0 aliphatic rings. The van der Waals surface area contributed by atoms with Gasteiger partial charge in [-0.15, -0.1) is 11.3 Å². The van der Waals surface area contributed by atoms with Crippen LogP contribution in [0.2, 0.25) is 0 Å². The summed E-state index contributed by atoms with van der Waals surface area (Å²) >= 11 is 0.742. The van der Waals surface area contributed by atoms with E-state index in [4.69, 9.17) is 0 Å². The quantitative estimate of drug-likeness (QED) is 0.643. The van der Waals surface area contributed by atoms with Gasteiger partial charge in [0.15, 0.2) is 5.01 Å². The highest BCUT2D eigenvalue weighted by Gasteiger charge is 2.41. The summed E-state index contributed by atoms with van der Waals surface area (Å²) in [7, 11) is 0. The maximum absolute atomic E-state index is 11.8. The van der Waals surface area contributed by atoms with E-state index in [1.807, 2.05) is 0 Å². The second-order valence-electron chi connectivity index (χ2n) is 2.10. The van der Waals surface area contributed by atoms with Gasteiger partial charge < -0.3 is 0 Å². The van der Waals surface area contributed by atoms with Gasteiger partial charge in [-0.3, -0.25) is 4.79 Å². The predicted molar refractivity (Wildman–Crippen MR) is 37.2 cm³/mol. The Kier molecular flexibility index (Phi) is 2.18. The van der Waals surface area contributed by atoms with E-state index in [2.05, 4.69) is 4.98 Å². The second kappa shape index (κ2) is 2.85. The number of ketones is 1. The summed E-state index contributed by atoms with van der Waals surface area (Å²) in [5, 5.41) is -0.500. The molecule has 0 aliphatic carbocycles. The first kappa shape index (κ1) is 9.18. The highest BCUT2D eigenvalue weighted by molar-refractivity contribution is 7.13. The van der Waals surface area contributed by atoms with Gasteiger partial charge in [-0.05, 0) is 6.92 Å². The standard InChI is InChI=1S/C6H4F3NOS/c1-3-2-10-5(12-3)4(11)6(7,8)9/h2H,1H3. The molecule has 0 unspecified atom stereocenters. The summed E-state index contributed by atoms with van der Waals surface area (Å²) in [5.41, 5.74) is 0. The monoisotopic (exact) mass is 195 g/mol. The number of Topliss-reactive ketones (excluding diaryl/α,β-unsaturated/α-hetero) is 1. The molecule has 1 heterocycles. The van der Waals surface area contributed by atoms with Crippen molar-refractivity contribution in [1.29, 1.82) is 0 Å². The van der Waals surface area contributed by atoms with E-state index in [1.165, 1.54) is 6.20 Å². The number of hydrogen-bond donors (Lipinski definition) is 0. The van der Waals surface area contributed by atoms with Crippen LogP contribution in [0, 0.1) is 6.92 Å². The molecule has 6 heteroatoms. The lowest BCUT2D eigenvalue weighted by atomic mass is 10.4. The van der Waals surface area contributed by atoms with E-state index in [1.54, 1.807) is 6.92 Å². The van der Waals surface area contributed by atoms with Crippen LogP contribution in [-0.4, -0.2) is 16.9 Å². The molecule has 0 fully saturated rings. The summed E-state index contributed by atoms with van der Waals surface area (Å²) in [6.45, 7) is 1.59. The fourth-order valence-corrected chi connectivity index (χ4v) is 1.31. The Labute approximate surface area is 70.0 Å². The molecule has 1 aromatic rings. The first-order valence-electron chi connectivity index (χ1n) is 2.95. The Morgan fingerprint density at radius 2 is 2.17 bits per heavy atom. The van der Waals surface area contributed by atoms with E-state index in [0.717, 1.165) is 11.3 Å². The van der Waals surface area contributed by atoms with Crippen molar-refractivity contribution in [3.8, 4) is 0 Å². The largest absolute Gasteiger partial charge is 0.457 e. The molecule has 1 rings (SSSR count). The fourth-order valence-electron chi connectivity index (χ4n) is 0.581. The molecular weight excluding hydrogens is 191 g/mol. The SMILES string of the molecule is Cc1cnc(C(=O)C(F)(F)F)s1. The summed E-state index contributed by atoms with van der Waals surface area (Å²) in [6, 6.07) is 0. The third-order valence-corrected chi connectivity index (χ3v) is 1.98. The van der Waals surface area contributed by atoms with Gasteiger partial charge in [0, 0.05) is 11.1 Å². The number of halogens is 3. The van der Waals surface area contributed by atoms with Gasteiger partial charge in [-0.1, -0.05) is 0 Å². The van der Waals surface area contributed by atoms with E-state index in [0.29, 0.717) is 4.88 Å². The van der Waals surface area contributed by atoms with Crippen LogP contribution in [0.3, 0.4) is 0 Å². The van der Waals surface area contributed by atoms with Gasteiger partial charge in [0.2, 0.25) is 0 Å². The van der Waals surface area contributed by atoms with E-state index < -0.39 is 17.0 Å². The van der Waals surface area contributed by atoms with Crippen molar-refractivity contribution >= 4 is 17.1 Å². The number of hydrogen-bond acceptors (Lipinski definition) is 3. The lowest BCUT2D eigenvalue weighted by Gasteiger charge is -1.99. The number of aryl methyl sites for hydroxylation is 1. The van der Waals surface area contributed by atoms with Crippen LogP contribution in [0.1, 0.15) is 14.7 Å². The fraction of sp³-hybridized carbons (Fsp3) is 0.333. The van der Waals surface area contributed by atoms with Crippen LogP contribution in [-0.2, 0) is 0 Å². The molecule has 0 amide bonds. The lowest BCUT2D eigenvalue weighted by molar-refractivity contribution is -0.0885. The molecule has 2 nitrogen and oxygen atoms in total. The first-order chi connectivity index (χ1) is 5.41. The average Bonchev–Trinajstić information content (AvgIpc) is 2.32. The Hall–Kier alpha value is -0.910. The van der Waals surface area contributed by atoms with Crippen molar-refractivity contribution in [2.24, 2.45) is 0 Å². The number of aromatic nitrogens is 1. The Morgan fingerprint density at radius 1 is 1.58 bits per heavy atom. The molecule has 0 radical (unpaired) electrons. The number of carbonyl (C=O) groups excluding carboxylic acids is 1. The van der Waals surface area contributed by atoms with Gasteiger partial charge in [0.25, 0.3) is 5.78 Å². The maximum atomic E-state index is 11.8. The van der Waals surface area contributed by atoms with E-state index >= 15 is 0 Å². The molecule has 12 heavy (non-hydrogen) atoms. The Bertz CT molecular complexity index is 304. The highest BCUT2D eigenvalue weighted by Crippen LogP contribution is 2.23. The minimum atomic E-state index is -4.82. The minimum absolute atomic E-state index is 0.500. The number of carbonyl (C=O) groups is 1. The summed E-state index contributed by atoms with van der Waals surface area (Å²) < 4.78 is 35.3. The maximum Gasteiger partial charge on any atom is 0.457 e. The minimum Gasteiger partial charge on any atom is -0.281 e. The molecule has 0 saturated carbocycles. The zero-order valence-electron chi connectivity index (χ0n) is 5.97. The Balaban J connectivity index is 2.93. The van der Waals surface area contributed by atoms with Crippen LogP contribution in [0.25, 0.3) is 0 Å². The zero-order chi connectivity index (χ0) is 9.35. The van der Waals surface area contributed by atoms with Crippen molar-refractivity contribution in [2.45, 2.75) is 13.1 Å². The smallest absolute Gasteiger partial charge is 0.281 e. The molecule has 0 aromatic carbocycles. The molecule has 1 aromatic heterocycles. The average molecular weight is 195 g/mol. The summed E-state index contributed by atoms with van der Waals surface area (Å²) in [6.07, 6.45) is -3.58. The number of rotatable bonds is 1. The molecule has 0 bridgehead atoms. The molecule has 0 spiro atoms. The zero-order valence-corrected chi connectivity index (χ0v) is 6.79. The van der Waals surface area contributed by atoms with Crippen LogP contribution >= 0.6 is 11.3 Å². The summed E-state index contributed by atoms with van der Waals surface area (Å²) in [4.78, 5) is 14.4. The van der Waals surface area contributed by atoms with Gasteiger partial charge in [0.05, 0.1) is 0 Å². The second-order valence-corrected chi connectivity index (χ2v) is 3.34. The third kappa shape index (κ3) is 1.82. The van der Waals surface area contributed by atoms with Gasteiger partial charge in [-0.25, -0.2) is 4.98 Å². The van der Waals surface area contributed by atoms with Crippen molar-refractivity contribution in [3.05, 3.63) is 16.1 Å². The normalized spacial score (nSPS) is 11.7. The molecule has 0 atom stereocenters. The number of nitrogens with zero attached hydrogens (tertiary/aromatic N) is 1. The van der Waals surface area contributed by atoms with E-state index in [9.17, 15) is 18.0 Å². The number of thiazole rings is 1. The van der Waals surface area contributed by atoms with Crippen LogP contribution in [0.4, 0.5) is 13.2 Å². The molecule has 66 valence electrons. The van der Waals surface area contributed by atoms with Gasteiger partial charge >= 0.3 is 6.18 Å². The Morgan fingerprint density at radius 3 is 2.50 bits per heavy atom.